The zero-order valence-corrected chi connectivity index (χ0v) is 10.1. The van der Waals surface area contributed by atoms with E-state index in [2.05, 4.69) is 10.3 Å². The number of pyridine rings is 1. The van der Waals surface area contributed by atoms with Gasteiger partial charge in [0.25, 0.3) is 0 Å². The van der Waals surface area contributed by atoms with E-state index in [9.17, 15) is 0 Å². The molecule has 0 unspecified atom stereocenters. The summed E-state index contributed by atoms with van der Waals surface area (Å²) in [6.45, 7) is 3.46. The minimum Gasteiger partial charge on any atom is -0.506 e. The van der Waals surface area contributed by atoms with Crippen molar-refractivity contribution >= 4 is 0 Å². The highest BCUT2D eigenvalue weighted by atomic mass is 16.5. The Morgan fingerprint density at radius 3 is 3.00 bits per heavy atom. The molecule has 2 rings (SSSR count). The lowest BCUT2D eigenvalue weighted by Crippen LogP contribution is -2.17. The zero-order chi connectivity index (χ0) is 11.9. The first-order chi connectivity index (χ1) is 8.34. The molecule has 94 valence electrons. The molecule has 1 aliphatic carbocycles. The number of aromatic hydroxyl groups is 1. The Kier molecular flexibility index (Phi) is 4.76. The van der Waals surface area contributed by atoms with Crippen LogP contribution in [0.15, 0.2) is 18.3 Å². The molecule has 0 amide bonds. The zero-order valence-electron chi connectivity index (χ0n) is 10.1. The number of aromatic nitrogens is 1. The Balaban J connectivity index is 1.46. The van der Waals surface area contributed by atoms with Gasteiger partial charge in [-0.05, 0) is 43.9 Å². The van der Waals surface area contributed by atoms with Crippen LogP contribution in [0.2, 0.25) is 0 Å². The molecule has 1 aliphatic rings. The third-order valence-electron chi connectivity index (χ3n) is 2.81. The average Bonchev–Trinajstić information content (AvgIpc) is 3.14. The summed E-state index contributed by atoms with van der Waals surface area (Å²) in [5, 5.41) is 12.4. The highest BCUT2D eigenvalue weighted by Crippen LogP contribution is 2.28. The van der Waals surface area contributed by atoms with Gasteiger partial charge in [0.2, 0.25) is 0 Å². The SMILES string of the molecule is Oc1ccc(CNCCCOCC2CC2)nc1. The molecule has 1 heterocycles. The van der Waals surface area contributed by atoms with E-state index in [1.54, 1.807) is 6.07 Å². The second kappa shape index (κ2) is 6.57. The first-order valence-corrected chi connectivity index (χ1v) is 6.27. The first-order valence-electron chi connectivity index (χ1n) is 6.27. The van der Waals surface area contributed by atoms with Crippen LogP contribution in [0.1, 0.15) is 25.0 Å². The summed E-state index contributed by atoms with van der Waals surface area (Å²) in [4.78, 5) is 4.10. The second-order valence-corrected chi connectivity index (χ2v) is 4.56. The van der Waals surface area contributed by atoms with Gasteiger partial charge in [0.15, 0.2) is 0 Å². The van der Waals surface area contributed by atoms with E-state index in [1.807, 2.05) is 6.07 Å². The minimum absolute atomic E-state index is 0.210. The summed E-state index contributed by atoms with van der Waals surface area (Å²) in [5.74, 6) is 1.06. The summed E-state index contributed by atoms with van der Waals surface area (Å²) in [5.41, 5.74) is 0.946. The molecule has 0 saturated heterocycles. The average molecular weight is 236 g/mol. The molecule has 0 radical (unpaired) electrons. The molecule has 1 aromatic rings. The van der Waals surface area contributed by atoms with Crippen LogP contribution in [-0.4, -0.2) is 29.8 Å². The van der Waals surface area contributed by atoms with E-state index in [0.29, 0.717) is 0 Å². The summed E-state index contributed by atoms with van der Waals surface area (Å²) in [7, 11) is 0. The van der Waals surface area contributed by atoms with Gasteiger partial charge in [0.05, 0.1) is 11.9 Å². The van der Waals surface area contributed by atoms with Gasteiger partial charge >= 0.3 is 0 Å². The number of ether oxygens (including phenoxy) is 1. The van der Waals surface area contributed by atoms with Gasteiger partial charge in [-0.3, -0.25) is 4.98 Å². The molecule has 0 bridgehead atoms. The molecule has 1 saturated carbocycles. The van der Waals surface area contributed by atoms with Crippen LogP contribution in [0, 0.1) is 5.92 Å². The predicted molar refractivity (Wildman–Crippen MR) is 65.8 cm³/mol. The Hall–Kier alpha value is -1.13. The summed E-state index contributed by atoms with van der Waals surface area (Å²) in [6.07, 6.45) is 5.20. The van der Waals surface area contributed by atoms with Crippen LogP contribution in [0.5, 0.6) is 5.75 Å². The van der Waals surface area contributed by atoms with Crippen LogP contribution >= 0.6 is 0 Å². The van der Waals surface area contributed by atoms with Gasteiger partial charge in [0.1, 0.15) is 5.75 Å². The molecule has 2 N–H and O–H groups in total. The van der Waals surface area contributed by atoms with Gasteiger partial charge in [0, 0.05) is 19.8 Å². The standard InChI is InChI=1S/C13H20N2O2/c16-13-5-4-12(15-9-13)8-14-6-1-7-17-10-11-2-3-11/h4-5,9,11,14,16H,1-3,6-8,10H2. The lowest BCUT2D eigenvalue weighted by Gasteiger charge is -2.05. The molecule has 0 aromatic carbocycles. The van der Waals surface area contributed by atoms with E-state index < -0.39 is 0 Å². The van der Waals surface area contributed by atoms with E-state index in [0.717, 1.165) is 44.3 Å². The molecule has 0 spiro atoms. The first kappa shape index (κ1) is 12.3. The van der Waals surface area contributed by atoms with Gasteiger partial charge in [-0.1, -0.05) is 0 Å². The van der Waals surface area contributed by atoms with Crippen LogP contribution in [0.25, 0.3) is 0 Å². The van der Waals surface area contributed by atoms with E-state index in [1.165, 1.54) is 19.0 Å². The third-order valence-corrected chi connectivity index (χ3v) is 2.81. The lowest BCUT2D eigenvalue weighted by atomic mass is 10.3. The van der Waals surface area contributed by atoms with Gasteiger partial charge in [-0.15, -0.1) is 0 Å². The summed E-state index contributed by atoms with van der Waals surface area (Å²) >= 11 is 0. The fourth-order valence-electron chi connectivity index (χ4n) is 1.57. The van der Waals surface area contributed by atoms with Crippen molar-refractivity contribution in [2.45, 2.75) is 25.8 Å². The topological polar surface area (TPSA) is 54.4 Å². The molecular weight excluding hydrogens is 216 g/mol. The van der Waals surface area contributed by atoms with Crippen LogP contribution < -0.4 is 5.32 Å². The van der Waals surface area contributed by atoms with E-state index in [4.69, 9.17) is 9.84 Å². The van der Waals surface area contributed by atoms with Crippen molar-refractivity contribution in [3.8, 4) is 5.75 Å². The highest BCUT2D eigenvalue weighted by molar-refractivity contribution is 5.17. The Labute approximate surface area is 102 Å². The third kappa shape index (κ3) is 5.15. The van der Waals surface area contributed by atoms with Gasteiger partial charge in [-0.25, -0.2) is 0 Å². The van der Waals surface area contributed by atoms with Crippen molar-refractivity contribution in [2.24, 2.45) is 5.92 Å². The molecule has 17 heavy (non-hydrogen) atoms. The maximum atomic E-state index is 9.08. The molecule has 1 aromatic heterocycles. The number of nitrogens with zero attached hydrogens (tertiary/aromatic N) is 1. The van der Waals surface area contributed by atoms with E-state index >= 15 is 0 Å². The van der Waals surface area contributed by atoms with Gasteiger partial charge < -0.3 is 15.2 Å². The maximum absolute atomic E-state index is 9.08. The quantitative estimate of drug-likeness (QED) is 0.674. The van der Waals surface area contributed by atoms with Crippen molar-refractivity contribution in [1.29, 1.82) is 0 Å². The molecule has 4 nitrogen and oxygen atoms in total. The predicted octanol–water partition coefficient (Wildman–Crippen LogP) is 1.69. The van der Waals surface area contributed by atoms with Crippen LogP contribution in [-0.2, 0) is 11.3 Å². The van der Waals surface area contributed by atoms with E-state index in [-0.39, 0.29) is 5.75 Å². The fourth-order valence-corrected chi connectivity index (χ4v) is 1.57. The Morgan fingerprint density at radius 1 is 1.41 bits per heavy atom. The number of hydrogen-bond acceptors (Lipinski definition) is 4. The number of hydrogen-bond donors (Lipinski definition) is 2. The number of rotatable bonds is 8. The molecule has 0 aliphatic heterocycles. The molecule has 1 fully saturated rings. The van der Waals surface area contributed by atoms with Crippen molar-refractivity contribution in [3.05, 3.63) is 24.0 Å². The van der Waals surface area contributed by atoms with Crippen molar-refractivity contribution in [3.63, 3.8) is 0 Å². The monoisotopic (exact) mass is 236 g/mol. The van der Waals surface area contributed by atoms with Gasteiger partial charge in [-0.2, -0.15) is 0 Å². The highest BCUT2D eigenvalue weighted by Gasteiger charge is 2.20. The number of nitrogens with one attached hydrogen (secondary N) is 1. The van der Waals surface area contributed by atoms with Crippen molar-refractivity contribution in [1.82, 2.24) is 10.3 Å². The second-order valence-electron chi connectivity index (χ2n) is 4.56. The molecular formula is C13H20N2O2. The van der Waals surface area contributed by atoms with Crippen LogP contribution in [0.4, 0.5) is 0 Å². The molecule has 0 atom stereocenters. The Bertz CT molecular complexity index is 323. The lowest BCUT2D eigenvalue weighted by molar-refractivity contribution is 0.122. The fraction of sp³-hybridized carbons (Fsp3) is 0.615. The van der Waals surface area contributed by atoms with Crippen molar-refractivity contribution < 1.29 is 9.84 Å². The maximum Gasteiger partial charge on any atom is 0.133 e. The summed E-state index contributed by atoms with van der Waals surface area (Å²) < 4.78 is 5.54. The molecule has 4 heteroatoms. The van der Waals surface area contributed by atoms with Crippen molar-refractivity contribution in [2.75, 3.05) is 19.8 Å². The summed E-state index contributed by atoms with van der Waals surface area (Å²) in [6, 6.07) is 3.48. The minimum atomic E-state index is 0.210. The van der Waals surface area contributed by atoms with Crippen LogP contribution in [0.3, 0.4) is 0 Å². The Morgan fingerprint density at radius 2 is 2.29 bits per heavy atom. The largest absolute Gasteiger partial charge is 0.506 e. The smallest absolute Gasteiger partial charge is 0.133 e. The normalized spacial score (nSPS) is 15.1.